The van der Waals surface area contributed by atoms with Crippen molar-refractivity contribution >= 4 is 45.6 Å². The summed E-state index contributed by atoms with van der Waals surface area (Å²) in [7, 11) is 0. The van der Waals surface area contributed by atoms with Crippen LogP contribution in [0.1, 0.15) is 27.2 Å². The van der Waals surface area contributed by atoms with Gasteiger partial charge in [0.1, 0.15) is 5.56 Å². The van der Waals surface area contributed by atoms with Gasteiger partial charge in [-0.2, -0.15) is 0 Å². The second-order valence-electron chi connectivity index (χ2n) is 10.1. The summed E-state index contributed by atoms with van der Waals surface area (Å²) in [5.74, 6) is 0.506. The van der Waals surface area contributed by atoms with Crippen molar-refractivity contribution in [3.8, 4) is 0 Å². The number of benzene rings is 3. The highest BCUT2D eigenvalue weighted by atomic mass is 35.5. The molecule has 6 nitrogen and oxygen atoms in total. The van der Waals surface area contributed by atoms with Crippen molar-refractivity contribution in [2.24, 2.45) is 0 Å². The normalized spacial score (nSPS) is 14.2. The van der Waals surface area contributed by atoms with Crippen LogP contribution in [0.4, 0.5) is 0 Å². The lowest BCUT2D eigenvalue weighted by Gasteiger charge is -2.26. The minimum atomic E-state index is -0.379. The molecule has 3 aromatic carbocycles. The molecule has 0 atom stereocenters. The van der Waals surface area contributed by atoms with Gasteiger partial charge in [0.15, 0.2) is 0 Å². The van der Waals surface area contributed by atoms with Crippen molar-refractivity contribution in [3.05, 3.63) is 117 Å². The number of pyridine rings is 1. The number of nitrogens with one attached hydrogen (secondary N) is 1. The van der Waals surface area contributed by atoms with E-state index in [9.17, 15) is 9.59 Å². The minimum Gasteiger partial charge on any atom is -0.379 e. The Morgan fingerprint density at radius 3 is 2.52 bits per heavy atom. The van der Waals surface area contributed by atoms with E-state index in [1.807, 2.05) is 40.8 Å². The Morgan fingerprint density at radius 1 is 0.975 bits per heavy atom. The van der Waals surface area contributed by atoms with E-state index in [0.29, 0.717) is 30.2 Å². The number of ether oxygens (including phenoxy) is 1. The molecule has 1 aliphatic heterocycles. The molecule has 6 rings (SSSR count). The van der Waals surface area contributed by atoms with Crippen LogP contribution in [0.2, 0.25) is 5.02 Å². The first-order valence-corrected chi connectivity index (χ1v) is 14.9. The molecular formula is C32H30ClN3O3S. The summed E-state index contributed by atoms with van der Waals surface area (Å²) >= 11 is 7.80. The quantitative estimate of drug-likeness (QED) is 0.232. The van der Waals surface area contributed by atoms with Gasteiger partial charge in [-0.15, -0.1) is 11.8 Å². The fourth-order valence-electron chi connectivity index (χ4n) is 5.28. The number of morpholine rings is 1. The van der Waals surface area contributed by atoms with E-state index in [1.54, 1.807) is 30.1 Å². The molecule has 2 aromatic heterocycles. The van der Waals surface area contributed by atoms with E-state index in [0.717, 1.165) is 59.5 Å². The highest BCUT2D eigenvalue weighted by Crippen LogP contribution is 2.28. The fraction of sp³-hybridized carbons (Fsp3) is 0.250. The van der Waals surface area contributed by atoms with Gasteiger partial charge in [0.2, 0.25) is 5.43 Å². The largest absolute Gasteiger partial charge is 0.379 e. The molecule has 8 heteroatoms. The number of carbonyl (C=O) groups excluding carboxylic acids is 1. The number of nitrogens with zero attached hydrogens (tertiary/aromatic N) is 2. The average Bonchev–Trinajstić information content (AvgIpc) is 3.32. The van der Waals surface area contributed by atoms with E-state index in [-0.39, 0.29) is 16.9 Å². The zero-order chi connectivity index (χ0) is 27.5. The first-order chi connectivity index (χ1) is 19.5. The van der Waals surface area contributed by atoms with Gasteiger partial charge < -0.3 is 14.5 Å². The molecule has 0 bridgehead atoms. The number of amides is 1. The second kappa shape index (κ2) is 12.0. The molecule has 0 unspecified atom stereocenters. The number of hydrogen-bond acceptors (Lipinski definition) is 5. The molecule has 204 valence electrons. The maximum atomic E-state index is 13.8. The SMILES string of the molecule is O=C(NCc1ccc(Cl)cc1)c1cn2c(CCSc3ccccc3)cc3cc(CN4CCOCC4)cc(c1=O)c32. The zero-order valence-electron chi connectivity index (χ0n) is 22.1. The van der Waals surface area contributed by atoms with Crippen LogP contribution in [0.15, 0.2) is 88.7 Å². The van der Waals surface area contributed by atoms with Gasteiger partial charge in [0.05, 0.1) is 18.7 Å². The van der Waals surface area contributed by atoms with Crippen LogP contribution in [0.25, 0.3) is 16.3 Å². The van der Waals surface area contributed by atoms with Gasteiger partial charge in [-0.1, -0.05) is 41.9 Å². The first kappa shape index (κ1) is 26.8. The highest BCUT2D eigenvalue weighted by molar-refractivity contribution is 7.99. The Labute approximate surface area is 242 Å². The standard InChI is InChI=1S/C32H30ClN3O3S/c33-25-8-6-22(7-9-25)19-34-32(38)29-21-36-26(10-15-40-27-4-2-1-3-5-27)18-24-16-23(17-28(30(24)36)31(29)37)20-35-11-13-39-14-12-35/h1-9,16-18,21H,10-15,19-20H2,(H,34,38). The minimum absolute atomic E-state index is 0.152. The van der Waals surface area contributed by atoms with E-state index in [2.05, 4.69) is 34.5 Å². The maximum absolute atomic E-state index is 13.8. The van der Waals surface area contributed by atoms with Crippen molar-refractivity contribution in [1.29, 1.82) is 0 Å². The monoisotopic (exact) mass is 571 g/mol. The molecular weight excluding hydrogens is 542 g/mol. The van der Waals surface area contributed by atoms with Crippen LogP contribution in [0.5, 0.6) is 0 Å². The van der Waals surface area contributed by atoms with Gasteiger partial charge >= 0.3 is 0 Å². The van der Waals surface area contributed by atoms with Crippen LogP contribution in [-0.4, -0.2) is 47.3 Å². The number of thioether (sulfide) groups is 1. The van der Waals surface area contributed by atoms with Crippen LogP contribution in [-0.2, 0) is 24.2 Å². The Hall–Kier alpha value is -3.36. The summed E-state index contributed by atoms with van der Waals surface area (Å²) in [6, 6.07) is 24.0. The average molecular weight is 572 g/mol. The predicted molar refractivity (Wildman–Crippen MR) is 162 cm³/mol. The Bertz CT molecular complexity index is 1680. The van der Waals surface area contributed by atoms with Gasteiger partial charge in [-0.05, 0) is 60.0 Å². The first-order valence-electron chi connectivity index (χ1n) is 13.5. The van der Waals surface area contributed by atoms with Crippen LogP contribution in [0.3, 0.4) is 0 Å². The molecule has 3 heterocycles. The molecule has 1 saturated heterocycles. The van der Waals surface area contributed by atoms with Crippen LogP contribution < -0.4 is 10.7 Å². The Balaban J connectivity index is 1.34. The molecule has 1 fully saturated rings. The van der Waals surface area contributed by atoms with Crippen molar-refractivity contribution in [2.75, 3.05) is 32.1 Å². The van der Waals surface area contributed by atoms with E-state index >= 15 is 0 Å². The molecule has 0 spiro atoms. The van der Waals surface area contributed by atoms with Crippen molar-refractivity contribution in [2.45, 2.75) is 24.4 Å². The number of halogens is 1. The number of carbonyl (C=O) groups is 1. The van der Waals surface area contributed by atoms with Gasteiger partial charge in [-0.25, -0.2) is 0 Å². The lowest BCUT2D eigenvalue weighted by atomic mass is 10.0. The fourth-order valence-corrected chi connectivity index (χ4v) is 6.30. The zero-order valence-corrected chi connectivity index (χ0v) is 23.6. The third-order valence-corrected chi connectivity index (χ3v) is 8.58. The molecule has 5 aromatic rings. The smallest absolute Gasteiger partial charge is 0.257 e. The molecule has 1 amide bonds. The molecule has 40 heavy (non-hydrogen) atoms. The van der Waals surface area contributed by atoms with Crippen molar-refractivity contribution < 1.29 is 9.53 Å². The summed E-state index contributed by atoms with van der Waals surface area (Å²) in [6.07, 6.45) is 2.52. The molecule has 0 saturated carbocycles. The number of aromatic nitrogens is 1. The Kier molecular flexibility index (Phi) is 8.07. The number of aryl methyl sites for hydroxylation is 1. The van der Waals surface area contributed by atoms with Crippen molar-refractivity contribution in [3.63, 3.8) is 0 Å². The summed E-state index contributed by atoms with van der Waals surface area (Å²) in [5, 5.41) is 5.18. The second-order valence-corrected chi connectivity index (χ2v) is 11.7. The summed E-state index contributed by atoms with van der Waals surface area (Å²) < 4.78 is 7.56. The third kappa shape index (κ3) is 5.88. The predicted octanol–water partition coefficient (Wildman–Crippen LogP) is 5.64. The van der Waals surface area contributed by atoms with Gasteiger partial charge in [-0.3, -0.25) is 14.5 Å². The van der Waals surface area contributed by atoms with E-state index in [4.69, 9.17) is 16.3 Å². The highest BCUT2D eigenvalue weighted by Gasteiger charge is 2.20. The molecule has 0 aliphatic carbocycles. The summed E-state index contributed by atoms with van der Waals surface area (Å²) in [4.78, 5) is 30.7. The van der Waals surface area contributed by atoms with Crippen LogP contribution >= 0.6 is 23.4 Å². The molecule has 0 radical (unpaired) electrons. The molecule has 1 N–H and O–H groups in total. The van der Waals surface area contributed by atoms with Gasteiger partial charge in [0.25, 0.3) is 5.91 Å². The maximum Gasteiger partial charge on any atom is 0.257 e. The molecule has 1 aliphatic rings. The number of rotatable bonds is 9. The van der Waals surface area contributed by atoms with E-state index < -0.39 is 0 Å². The lowest BCUT2D eigenvalue weighted by Crippen LogP contribution is -2.35. The van der Waals surface area contributed by atoms with Gasteiger partial charge in [0, 0.05) is 64.5 Å². The van der Waals surface area contributed by atoms with E-state index in [1.165, 1.54) is 4.90 Å². The summed E-state index contributed by atoms with van der Waals surface area (Å²) in [6.45, 7) is 4.21. The summed E-state index contributed by atoms with van der Waals surface area (Å²) in [5.41, 5.74) is 3.86. The number of hydrogen-bond donors (Lipinski definition) is 1. The lowest BCUT2D eigenvalue weighted by molar-refractivity contribution is 0.0342. The third-order valence-electron chi connectivity index (χ3n) is 7.31. The van der Waals surface area contributed by atoms with Crippen molar-refractivity contribution in [1.82, 2.24) is 14.6 Å². The Morgan fingerprint density at radius 2 is 1.75 bits per heavy atom. The van der Waals surface area contributed by atoms with Crippen LogP contribution in [0, 0.1) is 0 Å². The topological polar surface area (TPSA) is 63.1 Å².